The van der Waals surface area contributed by atoms with Crippen LogP contribution >= 0.6 is 0 Å². The van der Waals surface area contributed by atoms with E-state index in [4.69, 9.17) is 12.6 Å². The lowest BCUT2D eigenvalue weighted by Crippen LogP contribution is -2.62. The minimum atomic E-state index is -0.623. The lowest BCUT2D eigenvalue weighted by molar-refractivity contribution is -0.854. The summed E-state index contributed by atoms with van der Waals surface area (Å²) in [6, 6.07) is 9.20. The summed E-state index contributed by atoms with van der Waals surface area (Å²) in [5.41, 5.74) is 1.04. The highest BCUT2D eigenvalue weighted by atomic mass is 32.1. The van der Waals surface area contributed by atoms with Gasteiger partial charge in [0.05, 0.1) is 18.2 Å². The molecule has 2 fully saturated rings. The topological polar surface area (TPSA) is 51.2 Å². The van der Waals surface area contributed by atoms with E-state index < -0.39 is 6.04 Å². The van der Waals surface area contributed by atoms with Gasteiger partial charge in [-0.05, 0) is 24.8 Å². The van der Waals surface area contributed by atoms with Crippen molar-refractivity contribution in [1.29, 1.82) is 0 Å². The Morgan fingerprint density at radius 2 is 1.70 bits per heavy atom. The highest BCUT2D eigenvalue weighted by Gasteiger charge is 2.56. The number of ketones is 1. The normalized spacial score (nSPS) is 28.8. The van der Waals surface area contributed by atoms with Gasteiger partial charge in [0, 0.05) is 18.3 Å². The number of hydrogen-bond donors (Lipinski definition) is 0. The van der Waals surface area contributed by atoms with E-state index in [-0.39, 0.29) is 33.1 Å². The molecule has 27 heavy (non-hydrogen) atoms. The zero-order valence-corrected chi connectivity index (χ0v) is 16.9. The fourth-order valence-corrected chi connectivity index (χ4v) is 5.53. The zero-order chi connectivity index (χ0) is 19.4. The van der Waals surface area contributed by atoms with Gasteiger partial charge in [-0.25, -0.2) is 9.28 Å². The van der Waals surface area contributed by atoms with E-state index in [1.807, 2.05) is 37.3 Å². The molecule has 0 radical (unpaired) electrons. The fourth-order valence-electron chi connectivity index (χ4n) is 5.16. The molecule has 3 unspecified atom stereocenters. The van der Waals surface area contributed by atoms with E-state index in [0.717, 1.165) is 44.1 Å². The highest BCUT2D eigenvalue weighted by molar-refractivity contribution is 7.77. The van der Waals surface area contributed by atoms with E-state index in [0.29, 0.717) is 19.5 Å². The standard InChI is InChI=1S/C22H29NO3S/c1-2-14-23(21(25)20(24)17-11-7-4-8-12-17)15-13-18(19(23)22(26)27)16-9-5-3-6-10-16/h3,5-6,9-10,17-19H,2,4,7-8,11-15H2,1H3. The van der Waals surface area contributed by atoms with Crippen LogP contribution in [0.3, 0.4) is 0 Å². The first-order valence-corrected chi connectivity index (χ1v) is 10.6. The maximum absolute atomic E-state index is 13.5. The molecule has 4 nitrogen and oxygen atoms in total. The summed E-state index contributed by atoms with van der Waals surface area (Å²) in [6.07, 6.45) is 6.19. The molecule has 1 heterocycles. The minimum Gasteiger partial charge on any atom is -0.736 e. The third kappa shape index (κ3) is 3.85. The molecule has 1 aliphatic carbocycles. The molecule has 2 aliphatic rings. The van der Waals surface area contributed by atoms with Crippen LogP contribution in [-0.4, -0.2) is 40.4 Å². The average Bonchev–Trinajstić information content (AvgIpc) is 3.09. The van der Waals surface area contributed by atoms with E-state index in [1.165, 1.54) is 0 Å². The van der Waals surface area contributed by atoms with Crippen molar-refractivity contribution in [1.82, 2.24) is 0 Å². The lowest BCUT2D eigenvalue weighted by atomic mass is 9.85. The van der Waals surface area contributed by atoms with Gasteiger partial charge in [0.25, 0.3) is 5.78 Å². The maximum Gasteiger partial charge on any atom is 0.382 e. The predicted octanol–water partition coefficient (Wildman–Crippen LogP) is 3.52. The smallest absolute Gasteiger partial charge is 0.382 e. The summed E-state index contributed by atoms with van der Waals surface area (Å²) in [6.45, 7) is 3.03. The number of nitrogens with zero attached hydrogens (tertiary/aromatic N) is 1. The molecule has 0 bridgehead atoms. The minimum absolute atomic E-state index is 0.0618. The number of Topliss-reactive ketones (excluding diaryl/α,β-unsaturated/α-hetero) is 1. The number of hydrogen-bond acceptors (Lipinski definition) is 4. The summed E-state index contributed by atoms with van der Waals surface area (Å²) < 4.78 is -0.0618. The Morgan fingerprint density at radius 1 is 1.04 bits per heavy atom. The molecular formula is C22H29NO3S. The van der Waals surface area contributed by atoms with Crippen molar-refractivity contribution in [2.45, 2.75) is 63.8 Å². The number of carbonyl (C=O) groups is 3. The number of amides is 1. The van der Waals surface area contributed by atoms with Gasteiger partial charge in [0.2, 0.25) is 0 Å². The Hall–Kier alpha value is -1.59. The molecular weight excluding hydrogens is 358 g/mol. The third-order valence-electron chi connectivity index (χ3n) is 6.44. The fraction of sp³-hybridized carbons (Fsp3) is 0.591. The molecule has 1 amide bonds. The van der Waals surface area contributed by atoms with Crippen LogP contribution in [0.25, 0.3) is 0 Å². The maximum atomic E-state index is 13.5. The Labute approximate surface area is 167 Å². The van der Waals surface area contributed by atoms with Crippen molar-refractivity contribution < 1.29 is 18.9 Å². The van der Waals surface area contributed by atoms with Gasteiger partial charge in [-0.3, -0.25) is 4.79 Å². The second kappa shape index (κ2) is 8.61. The quantitative estimate of drug-likeness (QED) is 0.426. The third-order valence-corrected chi connectivity index (χ3v) is 6.68. The Morgan fingerprint density at radius 3 is 2.30 bits per heavy atom. The Bertz CT molecular complexity index is 699. The van der Waals surface area contributed by atoms with Crippen LogP contribution in [0.15, 0.2) is 30.3 Å². The molecule has 0 spiro atoms. The largest absolute Gasteiger partial charge is 0.736 e. The van der Waals surface area contributed by atoms with E-state index in [2.05, 4.69) is 0 Å². The van der Waals surface area contributed by atoms with E-state index in [9.17, 15) is 14.4 Å². The second-order valence-electron chi connectivity index (χ2n) is 8.06. The van der Waals surface area contributed by atoms with Crippen molar-refractivity contribution in [3.63, 3.8) is 0 Å². The van der Waals surface area contributed by atoms with Gasteiger partial charge in [0.15, 0.2) is 0 Å². The summed E-state index contributed by atoms with van der Waals surface area (Å²) in [4.78, 5) is 39.1. The van der Waals surface area contributed by atoms with Gasteiger partial charge in [-0.15, -0.1) is 0 Å². The lowest BCUT2D eigenvalue weighted by Gasteiger charge is -2.40. The SMILES string of the molecule is CCC[N+]1(C(=O)C(=O)C2CCCCC2)CCC(c2ccccc2)C1C(=O)[S-]. The summed E-state index contributed by atoms with van der Waals surface area (Å²) in [7, 11) is 0. The molecule has 5 heteroatoms. The molecule has 3 rings (SSSR count). The average molecular weight is 388 g/mol. The molecule has 1 saturated carbocycles. The van der Waals surface area contributed by atoms with Crippen LogP contribution in [0.5, 0.6) is 0 Å². The number of likely N-dealkylation sites (tertiary alicyclic amines) is 1. The first-order valence-electron chi connectivity index (χ1n) is 10.2. The summed E-state index contributed by atoms with van der Waals surface area (Å²) in [5, 5.41) is -0.389. The van der Waals surface area contributed by atoms with Crippen molar-refractivity contribution >= 4 is 29.4 Å². The molecule has 3 atom stereocenters. The zero-order valence-electron chi connectivity index (χ0n) is 16.1. The number of quaternary nitrogens is 1. The van der Waals surface area contributed by atoms with Crippen molar-refractivity contribution in [3.05, 3.63) is 35.9 Å². The van der Waals surface area contributed by atoms with Crippen LogP contribution in [0, 0.1) is 5.92 Å². The molecule has 1 aliphatic heterocycles. The van der Waals surface area contributed by atoms with Crippen LogP contribution in [0.1, 0.15) is 63.4 Å². The van der Waals surface area contributed by atoms with E-state index in [1.54, 1.807) is 0 Å². The molecule has 146 valence electrons. The van der Waals surface area contributed by atoms with Gasteiger partial charge in [-0.2, -0.15) is 0 Å². The summed E-state index contributed by atoms with van der Waals surface area (Å²) in [5.74, 6) is -0.899. The van der Waals surface area contributed by atoms with Crippen molar-refractivity contribution in [3.8, 4) is 0 Å². The summed E-state index contributed by atoms with van der Waals surface area (Å²) >= 11 is 5.12. The van der Waals surface area contributed by atoms with Gasteiger partial charge in [0.1, 0.15) is 6.04 Å². The van der Waals surface area contributed by atoms with Crippen LogP contribution in [-0.2, 0) is 27.0 Å². The first-order chi connectivity index (χ1) is 13.0. The molecule has 0 N–H and O–H groups in total. The molecule has 1 saturated heterocycles. The second-order valence-corrected chi connectivity index (χ2v) is 8.46. The van der Waals surface area contributed by atoms with Gasteiger partial charge >= 0.3 is 5.91 Å². The van der Waals surface area contributed by atoms with Crippen molar-refractivity contribution in [2.75, 3.05) is 13.1 Å². The molecule has 1 aromatic carbocycles. The molecule has 0 aromatic heterocycles. The van der Waals surface area contributed by atoms with Crippen LogP contribution in [0.2, 0.25) is 0 Å². The van der Waals surface area contributed by atoms with E-state index >= 15 is 0 Å². The predicted molar refractivity (Wildman–Crippen MR) is 107 cm³/mol. The van der Waals surface area contributed by atoms with Crippen LogP contribution in [0.4, 0.5) is 0 Å². The Balaban J connectivity index is 1.95. The first kappa shape index (κ1) is 20.2. The number of carbonyl (C=O) groups excluding carboxylic acids is 3. The van der Waals surface area contributed by atoms with Gasteiger partial charge in [-0.1, -0.05) is 56.5 Å². The van der Waals surface area contributed by atoms with Gasteiger partial charge < -0.3 is 17.4 Å². The van der Waals surface area contributed by atoms with Crippen LogP contribution < -0.4 is 0 Å². The number of rotatable bonds is 6. The highest BCUT2D eigenvalue weighted by Crippen LogP contribution is 2.41. The number of benzene rings is 1. The monoisotopic (exact) mass is 387 g/mol. The molecule has 1 aromatic rings. The van der Waals surface area contributed by atoms with Crippen molar-refractivity contribution in [2.24, 2.45) is 5.92 Å². The Kier molecular flexibility index (Phi) is 6.43.